The van der Waals surface area contributed by atoms with E-state index in [1.165, 1.54) is 0 Å². The molecule has 100 valence electrons. The second-order valence-electron chi connectivity index (χ2n) is 4.48. The number of nitrogens with zero attached hydrogens (tertiary/aromatic N) is 2. The monoisotopic (exact) mass is 260 g/mol. The Kier molecular flexibility index (Phi) is 3.79. The molecule has 0 bridgehead atoms. The standard InChI is InChI=1S/C13H16N4O2/c1-8(2)10-7-11(16-15-10)13(18)17-14-9(3)12-5-4-6-19-12/h4-8H,1-3H3,(H,15,16)(H,17,18). The van der Waals surface area contributed by atoms with E-state index in [0.717, 1.165) is 5.69 Å². The van der Waals surface area contributed by atoms with Crippen molar-refractivity contribution in [3.63, 3.8) is 0 Å². The number of carbonyl (C=O) groups excluding carboxylic acids is 1. The van der Waals surface area contributed by atoms with Gasteiger partial charge in [0, 0.05) is 5.69 Å². The average molecular weight is 260 g/mol. The second-order valence-corrected chi connectivity index (χ2v) is 4.48. The van der Waals surface area contributed by atoms with Gasteiger partial charge >= 0.3 is 0 Å². The molecule has 2 aromatic rings. The minimum atomic E-state index is -0.353. The van der Waals surface area contributed by atoms with Gasteiger partial charge < -0.3 is 4.42 Å². The van der Waals surface area contributed by atoms with Crippen molar-refractivity contribution in [1.29, 1.82) is 0 Å². The van der Waals surface area contributed by atoms with Crippen LogP contribution < -0.4 is 5.43 Å². The van der Waals surface area contributed by atoms with Gasteiger partial charge in [-0.15, -0.1) is 0 Å². The lowest BCUT2D eigenvalue weighted by Crippen LogP contribution is -2.19. The summed E-state index contributed by atoms with van der Waals surface area (Å²) in [7, 11) is 0. The number of hydrazone groups is 1. The predicted molar refractivity (Wildman–Crippen MR) is 71.1 cm³/mol. The number of aromatic nitrogens is 2. The summed E-state index contributed by atoms with van der Waals surface area (Å²) < 4.78 is 5.16. The van der Waals surface area contributed by atoms with Crippen molar-refractivity contribution in [2.75, 3.05) is 0 Å². The van der Waals surface area contributed by atoms with Crippen LogP contribution in [0.1, 0.15) is 48.6 Å². The summed E-state index contributed by atoms with van der Waals surface area (Å²) in [5.41, 5.74) is 4.27. The van der Waals surface area contributed by atoms with Gasteiger partial charge in [0.2, 0.25) is 0 Å². The van der Waals surface area contributed by atoms with Crippen LogP contribution in [0.4, 0.5) is 0 Å². The van der Waals surface area contributed by atoms with Crippen molar-refractivity contribution in [1.82, 2.24) is 15.6 Å². The number of H-pyrrole nitrogens is 1. The van der Waals surface area contributed by atoms with Gasteiger partial charge in [-0.1, -0.05) is 13.8 Å². The molecule has 0 aliphatic rings. The van der Waals surface area contributed by atoms with Crippen LogP contribution in [-0.4, -0.2) is 21.8 Å². The minimum absolute atomic E-state index is 0.294. The molecule has 0 fully saturated rings. The molecule has 0 spiro atoms. The zero-order chi connectivity index (χ0) is 13.8. The van der Waals surface area contributed by atoms with E-state index in [0.29, 0.717) is 23.1 Å². The SMILES string of the molecule is CC(=NNC(=O)c1cc(C(C)C)[nH]n1)c1ccco1. The predicted octanol–water partition coefficient (Wildman–Crippen LogP) is 2.28. The third-order valence-electron chi connectivity index (χ3n) is 2.66. The first-order valence-electron chi connectivity index (χ1n) is 6.01. The van der Waals surface area contributed by atoms with Crippen molar-refractivity contribution in [3.8, 4) is 0 Å². The van der Waals surface area contributed by atoms with Crippen LogP contribution in [0.15, 0.2) is 34.0 Å². The molecule has 1 amide bonds. The third-order valence-corrected chi connectivity index (χ3v) is 2.66. The Morgan fingerprint density at radius 3 is 2.89 bits per heavy atom. The molecular weight excluding hydrogens is 244 g/mol. The van der Waals surface area contributed by atoms with E-state index >= 15 is 0 Å². The number of nitrogens with one attached hydrogen (secondary N) is 2. The molecule has 2 rings (SSSR count). The molecule has 6 heteroatoms. The Balaban J connectivity index is 2.03. The summed E-state index contributed by atoms with van der Waals surface area (Å²) in [5.74, 6) is 0.557. The maximum Gasteiger partial charge on any atom is 0.291 e. The molecule has 2 N–H and O–H groups in total. The normalized spacial score (nSPS) is 11.9. The van der Waals surface area contributed by atoms with Crippen molar-refractivity contribution in [3.05, 3.63) is 41.6 Å². The zero-order valence-electron chi connectivity index (χ0n) is 11.1. The van der Waals surface area contributed by atoms with Gasteiger partial charge in [0.25, 0.3) is 5.91 Å². The highest BCUT2D eigenvalue weighted by atomic mass is 16.3. The zero-order valence-corrected chi connectivity index (χ0v) is 11.1. The number of carbonyl (C=O) groups is 1. The molecule has 0 radical (unpaired) electrons. The second kappa shape index (κ2) is 5.51. The number of hydrogen-bond acceptors (Lipinski definition) is 4. The van der Waals surface area contributed by atoms with Crippen molar-refractivity contribution in [2.45, 2.75) is 26.7 Å². The highest BCUT2D eigenvalue weighted by molar-refractivity contribution is 5.98. The Labute approximate surface area is 110 Å². The first kappa shape index (κ1) is 13.1. The van der Waals surface area contributed by atoms with Gasteiger partial charge in [-0.3, -0.25) is 9.89 Å². The van der Waals surface area contributed by atoms with Gasteiger partial charge in [-0.05, 0) is 31.0 Å². The maximum absolute atomic E-state index is 11.8. The van der Waals surface area contributed by atoms with Crippen LogP contribution >= 0.6 is 0 Å². The fourth-order valence-corrected chi connectivity index (χ4v) is 1.48. The smallest absolute Gasteiger partial charge is 0.291 e. The summed E-state index contributed by atoms with van der Waals surface area (Å²) in [6.45, 7) is 5.80. The fourth-order valence-electron chi connectivity index (χ4n) is 1.48. The van der Waals surface area contributed by atoms with Crippen molar-refractivity contribution in [2.24, 2.45) is 5.10 Å². The first-order chi connectivity index (χ1) is 9.08. The summed E-state index contributed by atoms with van der Waals surface area (Å²) in [5, 5.41) is 10.7. The van der Waals surface area contributed by atoms with E-state index in [4.69, 9.17) is 4.42 Å². The number of rotatable bonds is 4. The van der Waals surface area contributed by atoms with Crippen molar-refractivity contribution >= 4 is 11.6 Å². The lowest BCUT2D eigenvalue weighted by atomic mass is 10.1. The van der Waals surface area contributed by atoms with Crippen LogP contribution in [0.5, 0.6) is 0 Å². The Hall–Kier alpha value is -2.37. The Bertz CT molecular complexity index is 582. The summed E-state index contributed by atoms with van der Waals surface area (Å²) in [4.78, 5) is 11.8. The number of furan rings is 1. The molecule has 0 saturated carbocycles. The maximum atomic E-state index is 11.8. The number of hydrogen-bond donors (Lipinski definition) is 2. The van der Waals surface area contributed by atoms with Crippen LogP contribution in [0.3, 0.4) is 0 Å². The molecule has 0 aliphatic carbocycles. The van der Waals surface area contributed by atoms with Crippen LogP contribution in [-0.2, 0) is 0 Å². The van der Waals surface area contributed by atoms with Gasteiger partial charge in [0.05, 0.1) is 6.26 Å². The molecule has 2 aromatic heterocycles. The number of amides is 1. The molecule has 0 aromatic carbocycles. The third kappa shape index (κ3) is 3.09. The van der Waals surface area contributed by atoms with Crippen LogP contribution in [0.2, 0.25) is 0 Å². The summed E-state index contributed by atoms with van der Waals surface area (Å²) in [6, 6.07) is 5.26. The molecule has 2 heterocycles. The average Bonchev–Trinajstić information content (AvgIpc) is 3.05. The topological polar surface area (TPSA) is 83.3 Å². The quantitative estimate of drug-likeness (QED) is 0.653. The highest BCUT2D eigenvalue weighted by Crippen LogP contribution is 2.11. The van der Waals surface area contributed by atoms with Gasteiger partial charge in [-0.25, -0.2) is 5.43 Å². The molecule has 0 aliphatic heterocycles. The van der Waals surface area contributed by atoms with E-state index in [2.05, 4.69) is 20.7 Å². The summed E-state index contributed by atoms with van der Waals surface area (Å²) in [6.07, 6.45) is 1.55. The van der Waals surface area contributed by atoms with Gasteiger partial charge in [0.1, 0.15) is 11.5 Å². The lowest BCUT2D eigenvalue weighted by Gasteiger charge is -1.98. The largest absolute Gasteiger partial charge is 0.463 e. The fraction of sp³-hybridized carbons (Fsp3) is 0.308. The highest BCUT2D eigenvalue weighted by Gasteiger charge is 2.11. The molecule has 6 nitrogen and oxygen atoms in total. The van der Waals surface area contributed by atoms with E-state index in [-0.39, 0.29) is 5.91 Å². The van der Waals surface area contributed by atoms with Gasteiger partial charge in [-0.2, -0.15) is 10.2 Å². The summed E-state index contributed by atoms with van der Waals surface area (Å²) >= 11 is 0. The molecule has 0 atom stereocenters. The van der Waals surface area contributed by atoms with E-state index in [1.807, 2.05) is 13.8 Å². The van der Waals surface area contributed by atoms with Gasteiger partial charge in [0.15, 0.2) is 5.69 Å². The van der Waals surface area contributed by atoms with Crippen molar-refractivity contribution < 1.29 is 9.21 Å². The molecule has 0 unspecified atom stereocenters. The minimum Gasteiger partial charge on any atom is -0.463 e. The first-order valence-corrected chi connectivity index (χ1v) is 6.01. The molecule has 19 heavy (non-hydrogen) atoms. The Morgan fingerprint density at radius 2 is 2.32 bits per heavy atom. The number of aromatic amines is 1. The Morgan fingerprint density at radius 1 is 1.53 bits per heavy atom. The van der Waals surface area contributed by atoms with Crippen LogP contribution in [0, 0.1) is 0 Å². The molecule has 0 saturated heterocycles. The van der Waals surface area contributed by atoms with Crippen LogP contribution in [0.25, 0.3) is 0 Å². The van der Waals surface area contributed by atoms with E-state index in [1.54, 1.807) is 31.4 Å². The molecular formula is C13H16N4O2. The lowest BCUT2D eigenvalue weighted by molar-refractivity contribution is 0.0950. The van der Waals surface area contributed by atoms with E-state index in [9.17, 15) is 4.79 Å². The van der Waals surface area contributed by atoms with E-state index < -0.39 is 0 Å².